The van der Waals surface area contributed by atoms with Crippen molar-refractivity contribution in [3.8, 4) is 0 Å². The van der Waals surface area contributed by atoms with Gasteiger partial charge in [0.05, 0.1) is 0 Å². The molecule has 0 spiro atoms. The summed E-state index contributed by atoms with van der Waals surface area (Å²) in [6.07, 6.45) is 3.35. The molecule has 0 aromatic rings. The number of carboxylic acids is 1. The Morgan fingerprint density at radius 2 is 2.08 bits per heavy atom. The molecule has 68 valence electrons. The molecule has 1 heterocycles. The minimum atomic E-state index is -0.713. The molecule has 0 aromatic heterocycles. The molecular weight excluding hydrogens is 158 g/mol. The predicted molar refractivity (Wildman–Crippen MR) is 44.4 cm³/mol. The van der Waals surface area contributed by atoms with Crippen LogP contribution in [0.3, 0.4) is 0 Å². The zero-order valence-electron chi connectivity index (χ0n) is 7.20. The van der Waals surface area contributed by atoms with Crippen LogP contribution in [-0.2, 0) is 9.59 Å². The minimum absolute atomic E-state index is 0.00463. The summed E-state index contributed by atoms with van der Waals surface area (Å²) in [5, 5.41) is 10.5. The van der Waals surface area contributed by atoms with Crippen LogP contribution < -0.4 is 5.32 Å². The number of carboxylic acid groups (broad SMARTS) is 1. The second-order valence-electron chi connectivity index (χ2n) is 2.83. The van der Waals surface area contributed by atoms with Crippen molar-refractivity contribution in [1.29, 1.82) is 0 Å². The van der Waals surface area contributed by atoms with Gasteiger partial charge in [-0.2, -0.15) is 0 Å². The van der Waals surface area contributed by atoms with Crippen molar-refractivity contribution in [3.63, 3.8) is 0 Å². The normalized spacial score (nSPS) is 12.8. The summed E-state index contributed by atoms with van der Waals surface area (Å²) in [6.45, 7) is 3.77. The van der Waals surface area contributed by atoms with E-state index >= 15 is 0 Å². The van der Waals surface area contributed by atoms with Crippen molar-refractivity contribution >= 4 is 11.9 Å². The molecule has 1 aliphatic heterocycles. The molecule has 0 aromatic carbocycles. The highest BCUT2D eigenvalue weighted by Crippen LogP contribution is 1.96. The number of hydrogen-bond donors (Lipinski definition) is 2. The van der Waals surface area contributed by atoms with Gasteiger partial charge in [0.1, 0.15) is 0 Å². The lowest BCUT2D eigenvalue weighted by Crippen LogP contribution is -2.22. The van der Waals surface area contributed by atoms with E-state index in [0.717, 1.165) is 0 Å². The SMILES string of the molecule is CC(C)CC(=O)O.O=C1C=CN1. The van der Waals surface area contributed by atoms with Gasteiger partial charge in [0.25, 0.3) is 0 Å². The average molecular weight is 171 g/mol. The van der Waals surface area contributed by atoms with Crippen molar-refractivity contribution in [2.45, 2.75) is 20.3 Å². The number of hydrogen-bond acceptors (Lipinski definition) is 2. The number of carbonyl (C=O) groups excluding carboxylic acids is 1. The Bertz CT molecular complexity index is 196. The summed E-state index contributed by atoms with van der Waals surface area (Å²) < 4.78 is 0. The van der Waals surface area contributed by atoms with Crippen LogP contribution in [0.2, 0.25) is 0 Å². The smallest absolute Gasteiger partial charge is 0.303 e. The Hall–Kier alpha value is -1.32. The Morgan fingerprint density at radius 3 is 2.08 bits per heavy atom. The Labute approximate surface area is 71.3 Å². The van der Waals surface area contributed by atoms with Crippen LogP contribution in [0.5, 0.6) is 0 Å². The number of amides is 1. The zero-order valence-corrected chi connectivity index (χ0v) is 7.20. The molecule has 4 nitrogen and oxygen atoms in total. The van der Waals surface area contributed by atoms with Gasteiger partial charge in [0.2, 0.25) is 5.91 Å². The van der Waals surface area contributed by atoms with Gasteiger partial charge < -0.3 is 10.4 Å². The van der Waals surface area contributed by atoms with Crippen molar-refractivity contribution in [1.82, 2.24) is 5.32 Å². The van der Waals surface area contributed by atoms with Gasteiger partial charge in [0.15, 0.2) is 0 Å². The molecule has 0 atom stereocenters. The Balaban J connectivity index is 0.000000211. The van der Waals surface area contributed by atoms with Crippen molar-refractivity contribution in [2.24, 2.45) is 5.92 Å². The lowest BCUT2D eigenvalue weighted by molar-refractivity contribution is -0.137. The van der Waals surface area contributed by atoms with Crippen LogP contribution >= 0.6 is 0 Å². The van der Waals surface area contributed by atoms with Crippen LogP contribution in [0.15, 0.2) is 12.3 Å². The first-order valence-corrected chi connectivity index (χ1v) is 3.71. The largest absolute Gasteiger partial charge is 0.481 e. The monoisotopic (exact) mass is 171 g/mol. The first-order valence-electron chi connectivity index (χ1n) is 3.71. The van der Waals surface area contributed by atoms with Crippen LogP contribution in [0.25, 0.3) is 0 Å². The molecule has 1 rings (SSSR count). The van der Waals surface area contributed by atoms with E-state index < -0.39 is 5.97 Å². The average Bonchev–Trinajstić information content (AvgIpc) is 1.81. The first-order chi connectivity index (χ1) is 5.52. The van der Waals surface area contributed by atoms with Gasteiger partial charge in [0, 0.05) is 18.7 Å². The summed E-state index contributed by atoms with van der Waals surface area (Å²) in [5.41, 5.74) is 0. The number of carbonyl (C=O) groups is 2. The molecule has 0 saturated carbocycles. The van der Waals surface area contributed by atoms with Gasteiger partial charge in [-0.25, -0.2) is 0 Å². The van der Waals surface area contributed by atoms with E-state index in [9.17, 15) is 9.59 Å². The fourth-order valence-electron chi connectivity index (χ4n) is 0.501. The minimum Gasteiger partial charge on any atom is -0.481 e. The molecule has 0 aliphatic carbocycles. The van der Waals surface area contributed by atoms with Crippen LogP contribution in [0.4, 0.5) is 0 Å². The summed E-state index contributed by atoms with van der Waals surface area (Å²) in [7, 11) is 0. The van der Waals surface area contributed by atoms with Gasteiger partial charge in [-0.15, -0.1) is 0 Å². The highest BCUT2D eigenvalue weighted by molar-refractivity contribution is 5.93. The van der Waals surface area contributed by atoms with Crippen LogP contribution in [-0.4, -0.2) is 17.0 Å². The molecule has 0 saturated heterocycles. The third-order valence-corrected chi connectivity index (χ3v) is 1.04. The van der Waals surface area contributed by atoms with Gasteiger partial charge in [-0.1, -0.05) is 13.8 Å². The molecule has 1 amide bonds. The highest BCUT2D eigenvalue weighted by Gasteiger charge is 1.98. The molecule has 2 N–H and O–H groups in total. The van der Waals surface area contributed by atoms with Crippen molar-refractivity contribution < 1.29 is 14.7 Å². The fourth-order valence-corrected chi connectivity index (χ4v) is 0.501. The molecule has 4 heteroatoms. The lowest BCUT2D eigenvalue weighted by Gasteiger charge is -1.97. The molecule has 0 radical (unpaired) electrons. The van der Waals surface area contributed by atoms with E-state index in [-0.39, 0.29) is 18.2 Å². The van der Waals surface area contributed by atoms with E-state index in [1.54, 1.807) is 6.20 Å². The summed E-state index contributed by atoms with van der Waals surface area (Å²) in [6, 6.07) is 0. The van der Waals surface area contributed by atoms with Crippen molar-refractivity contribution in [2.75, 3.05) is 0 Å². The van der Waals surface area contributed by atoms with E-state index in [1.807, 2.05) is 13.8 Å². The summed E-state index contributed by atoms with van der Waals surface area (Å²) >= 11 is 0. The van der Waals surface area contributed by atoms with E-state index in [0.29, 0.717) is 0 Å². The molecule has 12 heavy (non-hydrogen) atoms. The van der Waals surface area contributed by atoms with Crippen molar-refractivity contribution in [3.05, 3.63) is 12.3 Å². The van der Waals surface area contributed by atoms with Crippen LogP contribution in [0, 0.1) is 5.92 Å². The Morgan fingerprint density at radius 1 is 1.67 bits per heavy atom. The number of rotatable bonds is 2. The molecule has 0 fully saturated rings. The number of aliphatic carboxylic acids is 1. The third-order valence-electron chi connectivity index (χ3n) is 1.04. The molecular formula is C8H13NO3. The quantitative estimate of drug-likeness (QED) is 0.644. The van der Waals surface area contributed by atoms with Gasteiger partial charge in [-0.05, 0) is 5.92 Å². The fraction of sp³-hybridized carbons (Fsp3) is 0.500. The van der Waals surface area contributed by atoms with Crippen LogP contribution in [0.1, 0.15) is 20.3 Å². The maximum absolute atomic E-state index is 9.81. The molecule has 0 bridgehead atoms. The summed E-state index contributed by atoms with van der Waals surface area (Å²) in [5.74, 6) is -0.433. The van der Waals surface area contributed by atoms with Gasteiger partial charge >= 0.3 is 5.97 Å². The van der Waals surface area contributed by atoms with Gasteiger partial charge in [-0.3, -0.25) is 9.59 Å². The maximum Gasteiger partial charge on any atom is 0.303 e. The third kappa shape index (κ3) is 6.80. The second-order valence-corrected chi connectivity index (χ2v) is 2.83. The maximum atomic E-state index is 9.81. The summed E-state index contributed by atoms with van der Waals surface area (Å²) in [4.78, 5) is 19.5. The highest BCUT2D eigenvalue weighted by atomic mass is 16.4. The predicted octanol–water partition coefficient (Wildman–Crippen LogP) is 0.747. The van der Waals surface area contributed by atoms with E-state index in [2.05, 4.69) is 5.32 Å². The Kier molecular flexibility index (Phi) is 4.76. The second kappa shape index (κ2) is 5.35. The first kappa shape index (κ1) is 10.7. The molecule has 0 unspecified atom stereocenters. The molecule has 1 aliphatic rings. The standard InChI is InChI=1S/C5H10O2.C3H3NO/c1-4(2)3-5(6)7;5-3-1-2-4-3/h4H,3H2,1-2H3,(H,6,7);1-2H,(H,4,5). The number of nitrogens with one attached hydrogen (secondary N) is 1. The van der Waals surface area contributed by atoms with E-state index in [4.69, 9.17) is 5.11 Å². The van der Waals surface area contributed by atoms with E-state index in [1.165, 1.54) is 6.08 Å². The topological polar surface area (TPSA) is 66.4 Å². The zero-order chi connectivity index (χ0) is 9.56. The lowest BCUT2D eigenvalue weighted by atomic mass is 10.1.